The second-order valence-electron chi connectivity index (χ2n) is 6.57. The number of likely N-dealkylation sites (N-methyl/N-ethyl adjacent to an activating group) is 1. The number of hydrogen-bond acceptors (Lipinski definition) is 5. The van der Waals surface area contributed by atoms with E-state index < -0.39 is 15.7 Å². The number of ether oxygens (including phenoxy) is 1. The minimum Gasteiger partial charge on any atom is -0.493 e. The largest absolute Gasteiger partial charge is 0.493 e. The van der Waals surface area contributed by atoms with E-state index in [0.29, 0.717) is 30.3 Å². The summed E-state index contributed by atoms with van der Waals surface area (Å²) in [6.07, 6.45) is 1.66. The average molecular weight is 473 g/mol. The first kappa shape index (κ1) is 24.0. The molecule has 0 saturated heterocycles. The molecule has 0 fully saturated rings. The maximum Gasteiger partial charge on any atom is 0.253 e. The van der Waals surface area contributed by atoms with Crippen LogP contribution in [0, 0.1) is 0 Å². The predicted octanol–water partition coefficient (Wildman–Crippen LogP) is 3.05. The summed E-state index contributed by atoms with van der Waals surface area (Å²) in [4.78, 5) is 26.0. The van der Waals surface area contributed by atoms with Gasteiger partial charge in [-0.25, -0.2) is 8.42 Å². The molecule has 1 N–H and O–H groups in total. The zero-order valence-corrected chi connectivity index (χ0v) is 18.9. The number of carbonyl (C=O) groups is 2. The Morgan fingerprint density at radius 3 is 2.53 bits per heavy atom. The third kappa shape index (κ3) is 7.19. The van der Waals surface area contributed by atoms with Crippen molar-refractivity contribution in [1.29, 1.82) is 0 Å². The maximum absolute atomic E-state index is 12.2. The molecule has 30 heavy (non-hydrogen) atoms. The van der Waals surface area contributed by atoms with E-state index in [4.69, 9.17) is 27.9 Å². The summed E-state index contributed by atoms with van der Waals surface area (Å²) in [5, 5.41) is 3.15. The molecule has 2 aromatic rings. The normalized spacial score (nSPS) is 11.1. The van der Waals surface area contributed by atoms with Crippen LogP contribution in [0.15, 0.2) is 47.4 Å². The van der Waals surface area contributed by atoms with E-state index in [1.165, 1.54) is 29.2 Å². The molecule has 0 heterocycles. The molecule has 10 heteroatoms. The molecule has 0 aliphatic rings. The fraction of sp³-hybridized carbons (Fsp3) is 0.300. The third-order valence-corrected chi connectivity index (χ3v) is 5.80. The molecule has 0 atom stereocenters. The maximum atomic E-state index is 12.2. The van der Waals surface area contributed by atoms with E-state index in [9.17, 15) is 18.0 Å². The van der Waals surface area contributed by atoms with Crippen LogP contribution in [-0.2, 0) is 14.6 Å². The van der Waals surface area contributed by atoms with Crippen LogP contribution in [0.4, 0.5) is 0 Å². The molecular formula is C20H22Cl2N2O5S. The monoisotopic (exact) mass is 472 g/mol. The van der Waals surface area contributed by atoms with Gasteiger partial charge in [0.2, 0.25) is 5.91 Å². The Labute approximate surface area is 185 Å². The fourth-order valence-electron chi connectivity index (χ4n) is 2.47. The van der Waals surface area contributed by atoms with Gasteiger partial charge in [0, 0.05) is 24.9 Å². The first-order chi connectivity index (χ1) is 14.1. The van der Waals surface area contributed by atoms with Gasteiger partial charge in [0.05, 0.1) is 28.6 Å². The molecule has 0 spiro atoms. The van der Waals surface area contributed by atoms with Crippen molar-refractivity contribution in [2.24, 2.45) is 0 Å². The van der Waals surface area contributed by atoms with Crippen molar-refractivity contribution in [3.8, 4) is 5.75 Å². The number of amides is 2. The van der Waals surface area contributed by atoms with Gasteiger partial charge in [-0.3, -0.25) is 9.59 Å². The van der Waals surface area contributed by atoms with E-state index in [1.54, 1.807) is 25.2 Å². The van der Waals surface area contributed by atoms with Gasteiger partial charge in [0.1, 0.15) is 5.75 Å². The van der Waals surface area contributed by atoms with Crippen LogP contribution in [0.5, 0.6) is 5.75 Å². The van der Waals surface area contributed by atoms with Crippen LogP contribution < -0.4 is 10.1 Å². The molecule has 0 aliphatic heterocycles. The van der Waals surface area contributed by atoms with Crippen LogP contribution in [0.2, 0.25) is 10.0 Å². The third-order valence-electron chi connectivity index (χ3n) is 4.14. The molecule has 0 bridgehead atoms. The zero-order chi connectivity index (χ0) is 22.3. The van der Waals surface area contributed by atoms with Crippen molar-refractivity contribution >= 4 is 44.9 Å². The van der Waals surface area contributed by atoms with Gasteiger partial charge in [0.15, 0.2) is 9.84 Å². The van der Waals surface area contributed by atoms with E-state index in [2.05, 4.69) is 5.32 Å². The first-order valence-electron chi connectivity index (χ1n) is 8.98. The smallest absolute Gasteiger partial charge is 0.253 e. The Morgan fingerprint density at radius 2 is 1.87 bits per heavy atom. The van der Waals surface area contributed by atoms with Crippen molar-refractivity contribution in [2.75, 3.05) is 33.0 Å². The topological polar surface area (TPSA) is 92.8 Å². The molecule has 0 saturated carbocycles. The fourth-order valence-corrected chi connectivity index (χ4v) is 3.62. The van der Waals surface area contributed by atoms with Crippen molar-refractivity contribution in [2.45, 2.75) is 11.3 Å². The highest BCUT2D eigenvalue weighted by molar-refractivity contribution is 7.90. The Hall–Kier alpha value is -2.29. The molecule has 2 aromatic carbocycles. The summed E-state index contributed by atoms with van der Waals surface area (Å²) in [5.41, 5.74) is 0.237. The quantitative estimate of drug-likeness (QED) is 0.566. The van der Waals surface area contributed by atoms with Crippen molar-refractivity contribution in [3.05, 3.63) is 58.1 Å². The lowest BCUT2D eigenvalue weighted by molar-refractivity contribution is -0.128. The predicted molar refractivity (Wildman–Crippen MR) is 116 cm³/mol. The Bertz CT molecular complexity index is 1030. The van der Waals surface area contributed by atoms with E-state index in [1.807, 2.05) is 0 Å². The number of sulfone groups is 1. The van der Waals surface area contributed by atoms with Gasteiger partial charge in [-0.1, -0.05) is 29.3 Å². The SMILES string of the molecule is CN(CCCOc1cccc(S(C)(=O)=O)c1)C(=O)CNC(=O)c1ccc(Cl)cc1Cl. The number of nitrogens with zero attached hydrogens (tertiary/aromatic N) is 1. The summed E-state index contributed by atoms with van der Waals surface area (Å²) >= 11 is 11.8. The summed E-state index contributed by atoms with van der Waals surface area (Å²) in [5.74, 6) is -0.293. The van der Waals surface area contributed by atoms with Crippen LogP contribution in [0.25, 0.3) is 0 Å². The Morgan fingerprint density at radius 1 is 1.13 bits per heavy atom. The van der Waals surface area contributed by atoms with E-state index in [0.717, 1.165) is 6.26 Å². The lowest BCUT2D eigenvalue weighted by Crippen LogP contribution is -2.38. The Kier molecular flexibility index (Phi) is 8.52. The number of carbonyl (C=O) groups excluding carboxylic acids is 2. The van der Waals surface area contributed by atoms with Crippen LogP contribution in [0.3, 0.4) is 0 Å². The summed E-state index contributed by atoms with van der Waals surface area (Å²) < 4.78 is 28.7. The number of hydrogen-bond donors (Lipinski definition) is 1. The second-order valence-corrected chi connectivity index (χ2v) is 9.43. The lowest BCUT2D eigenvalue weighted by atomic mass is 10.2. The molecular weight excluding hydrogens is 451 g/mol. The molecule has 7 nitrogen and oxygen atoms in total. The van der Waals surface area contributed by atoms with Crippen LogP contribution in [0.1, 0.15) is 16.8 Å². The highest BCUT2D eigenvalue weighted by Crippen LogP contribution is 2.21. The van der Waals surface area contributed by atoms with Gasteiger partial charge in [-0.05, 0) is 42.8 Å². The van der Waals surface area contributed by atoms with Crippen molar-refractivity contribution in [3.63, 3.8) is 0 Å². The Balaban J connectivity index is 1.75. The number of rotatable bonds is 9. The summed E-state index contributed by atoms with van der Waals surface area (Å²) in [6, 6.07) is 10.7. The van der Waals surface area contributed by atoms with Gasteiger partial charge in [-0.15, -0.1) is 0 Å². The first-order valence-corrected chi connectivity index (χ1v) is 11.6. The van der Waals surface area contributed by atoms with Gasteiger partial charge >= 0.3 is 0 Å². The number of nitrogens with one attached hydrogen (secondary N) is 1. The highest BCUT2D eigenvalue weighted by Gasteiger charge is 2.14. The minimum atomic E-state index is -3.30. The lowest BCUT2D eigenvalue weighted by Gasteiger charge is -2.18. The summed E-state index contributed by atoms with van der Waals surface area (Å²) in [7, 11) is -1.68. The summed E-state index contributed by atoms with van der Waals surface area (Å²) in [6.45, 7) is 0.533. The minimum absolute atomic E-state index is 0.175. The van der Waals surface area contributed by atoms with Crippen molar-refractivity contribution < 1.29 is 22.7 Å². The van der Waals surface area contributed by atoms with Crippen LogP contribution in [-0.4, -0.2) is 58.1 Å². The molecule has 0 aromatic heterocycles. The molecule has 162 valence electrons. The molecule has 2 rings (SSSR count). The molecule has 0 unspecified atom stereocenters. The average Bonchev–Trinajstić information content (AvgIpc) is 2.68. The second kappa shape index (κ2) is 10.7. The zero-order valence-electron chi connectivity index (χ0n) is 16.5. The van der Waals surface area contributed by atoms with Gasteiger partial charge < -0.3 is 15.0 Å². The highest BCUT2D eigenvalue weighted by atomic mass is 35.5. The standard InChI is InChI=1S/C20H22Cl2N2O5S/c1-24(9-4-10-29-15-5-3-6-16(12-15)30(2,27)28)19(25)13-23-20(26)17-8-7-14(21)11-18(17)22/h3,5-8,11-12H,4,9-10,13H2,1-2H3,(H,23,26). The molecule has 0 radical (unpaired) electrons. The molecule has 2 amide bonds. The van der Waals surface area contributed by atoms with Crippen LogP contribution >= 0.6 is 23.2 Å². The molecule has 0 aliphatic carbocycles. The van der Waals surface area contributed by atoms with Crippen molar-refractivity contribution in [1.82, 2.24) is 10.2 Å². The number of benzene rings is 2. The number of halogens is 2. The van der Waals surface area contributed by atoms with E-state index in [-0.39, 0.29) is 27.9 Å². The van der Waals surface area contributed by atoms with Gasteiger partial charge in [0.25, 0.3) is 5.91 Å². The van der Waals surface area contributed by atoms with E-state index >= 15 is 0 Å². The van der Waals surface area contributed by atoms with Gasteiger partial charge in [-0.2, -0.15) is 0 Å².